The lowest BCUT2D eigenvalue weighted by atomic mass is 10.3. The maximum absolute atomic E-state index is 5.67. The number of aromatic nitrogens is 2. The van der Waals surface area contributed by atoms with E-state index >= 15 is 0 Å². The minimum Gasteiger partial charge on any atom is -0.492 e. The van der Waals surface area contributed by atoms with Crippen molar-refractivity contribution in [1.29, 1.82) is 0 Å². The molecule has 0 saturated carbocycles. The third kappa shape index (κ3) is 4.41. The molecule has 0 aliphatic heterocycles. The molecule has 0 aliphatic carbocycles. The maximum atomic E-state index is 5.67. The molecule has 7 heteroatoms. The van der Waals surface area contributed by atoms with Crippen LogP contribution in [-0.2, 0) is 0 Å². The molecule has 0 aliphatic rings. The van der Waals surface area contributed by atoms with E-state index in [2.05, 4.69) is 15.3 Å². The Bertz CT molecular complexity index is 570. The van der Waals surface area contributed by atoms with Gasteiger partial charge in [-0.05, 0) is 12.1 Å². The first-order chi connectivity index (χ1) is 10.2. The monoisotopic (exact) mass is 290 g/mol. The number of nitrogens with two attached hydrogens (primary N) is 1. The molecular weight excluding hydrogens is 272 g/mol. The van der Waals surface area contributed by atoms with E-state index in [9.17, 15) is 0 Å². The lowest BCUT2D eigenvalue weighted by molar-refractivity contribution is 0.332. The second-order valence-electron chi connectivity index (χ2n) is 4.12. The van der Waals surface area contributed by atoms with Gasteiger partial charge >= 0.3 is 0 Å². The Morgan fingerprint density at radius 3 is 2.43 bits per heavy atom. The van der Waals surface area contributed by atoms with Gasteiger partial charge < -0.3 is 25.3 Å². The summed E-state index contributed by atoms with van der Waals surface area (Å²) in [5.41, 5.74) is 6.34. The fraction of sp³-hybridized carbons (Fsp3) is 0.286. The molecule has 0 saturated heterocycles. The molecule has 0 fully saturated rings. The standard InChI is InChI=1S/C14H18N4O3/c1-19-12-9-13(20-2)18-14(17-12)16-6-7-21-11-5-3-4-10(15)8-11/h3-5,8-9H,6-7,15H2,1-2H3,(H,16,17,18). The van der Waals surface area contributed by atoms with Crippen molar-refractivity contribution in [3.63, 3.8) is 0 Å². The van der Waals surface area contributed by atoms with Crippen LogP contribution < -0.4 is 25.3 Å². The van der Waals surface area contributed by atoms with Crippen LogP contribution in [0.2, 0.25) is 0 Å². The van der Waals surface area contributed by atoms with Crippen molar-refractivity contribution >= 4 is 11.6 Å². The van der Waals surface area contributed by atoms with Crippen LogP contribution in [0.5, 0.6) is 17.5 Å². The van der Waals surface area contributed by atoms with Crippen molar-refractivity contribution in [3.8, 4) is 17.5 Å². The summed E-state index contributed by atoms with van der Waals surface area (Å²) in [4.78, 5) is 8.32. The van der Waals surface area contributed by atoms with Gasteiger partial charge in [-0.25, -0.2) is 0 Å². The predicted molar refractivity (Wildman–Crippen MR) is 80.0 cm³/mol. The van der Waals surface area contributed by atoms with E-state index < -0.39 is 0 Å². The van der Waals surface area contributed by atoms with Crippen molar-refractivity contribution in [2.75, 3.05) is 38.4 Å². The Morgan fingerprint density at radius 1 is 1.10 bits per heavy atom. The zero-order valence-corrected chi connectivity index (χ0v) is 12.0. The van der Waals surface area contributed by atoms with Crippen LogP contribution in [0.4, 0.5) is 11.6 Å². The third-order valence-electron chi connectivity index (χ3n) is 2.61. The summed E-state index contributed by atoms with van der Waals surface area (Å²) in [7, 11) is 3.07. The number of anilines is 2. The average molecular weight is 290 g/mol. The molecule has 0 bridgehead atoms. The molecule has 21 heavy (non-hydrogen) atoms. The first-order valence-electron chi connectivity index (χ1n) is 6.40. The number of methoxy groups -OCH3 is 2. The Labute approximate surface area is 123 Å². The topological polar surface area (TPSA) is 91.5 Å². The van der Waals surface area contributed by atoms with Crippen LogP contribution in [-0.4, -0.2) is 37.3 Å². The summed E-state index contributed by atoms with van der Waals surface area (Å²) in [6.07, 6.45) is 0. The lowest BCUT2D eigenvalue weighted by Gasteiger charge is -2.09. The van der Waals surface area contributed by atoms with Crippen LogP contribution >= 0.6 is 0 Å². The minimum atomic E-state index is 0.419. The van der Waals surface area contributed by atoms with Crippen LogP contribution in [0.1, 0.15) is 0 Å². The average Bonchev–Trinajstić information content (AvgIpc) is 2.51. The molecular formula is C14H18N4O3. The maximum Gasteiger partial charge on any atom is 0.229 e. The van der Waals surface area contributed by atoms with Crippen molar-refractivity contribution in [1.82, 2.24) is 9.97 Å². The van der Waals surface area contributed by atoms with Gasteiger partial charge in [0.2, 0.25) is 17.7 Å². The highest BCUT2D eigenvalue weighted by Gasteiger charge is 2.04. The van der Waals surface area contributed by atoms with Crippen molar-refractivity contribution in [2.45, 2.75) is 0 Å². The largest absolute Gasteiger partial charge is 0.492 e. The fourth-order valence-electron chi connectivity index (χ4n) is 1.63. The molecule has 1 aromatic carbocycles. The third-order valence-corrected chi connectivity index (χ3v) is 2.61. The molecule has 1 aromatic heterocycles. The van der Waals surface area contributed by atoms with Crippen LogP contribution in [0.3, 0.4) is 0 Å². The molecule has 0 amide bonds. The Kier molecular flexibility index (Phi) is 5.03. The smallest absolute Gasteiger partial charge is 0.229 e. The van der Waals surface area contributed by atoms with Crippen LogP contribution in [0, 0.1) is 0 Å². The Balaban J connectivity index is 1.85. The van der Waals surface area contributed by atoms with Gasteiger partial charge in [0.15, 0.2) is 0 Å². The molecule has 112 valence electrons. The normalized spacial score (nSPS) is 10.0. The van der Waals surface area contributed by atoms with Crippen molar-refractivity contribution in [3.05, 3.63) is 30.3 Å². The SMILES string of the molecule is COc1cc(OC)nc(NCCOc2cccc(N)c2)n1. The van der Waals surface area contributed by atoms with Crippen LogP contribution in [0.15, 0.2) is 30.3 Å². The number of rotatable bonds is 7. The quantitative estimate of drug-likeness (QED) is 0.590. The molecule has 0 unspecified atom stereocenters. The van der Waals surface area contributed by atoms with Crippen LogP contribution in [0.25, 0.3) is 0 Å². The van der Waals surface area contributed by atoms with Gasteiger partial charge in [-0.2, -0.15) is 9.97 Å². The number of hydrogen-bond donors (Lipinski definition) is 2. The number of hydrogen-bond acceptors (Lipinski definition) is 7. The molecule has 1 heterocycles. The summed E-state index contributed by atoms with van der Waals surface area (Å²) in [5.74, 6) is 2.01. The predicted octanol–water partition coefficient (Wildman–Crippen LogP) is 1.57. The molecule has 2 rings (SSSR count). The first kappa shape index (κ1) is 14.7. The molecule has 0 radical (unpaired) electrons. The van der Waals surface area contributed by atoms with Gasteiger partial charge in [-0.1, -0.05) is 6.07 Å². The molecule has 0 spiro atoms. The molecule has 0 atom stereocenters. The number of ether oxygens (including phenoxy) is 3. The summed E-state index contributed by atoms with van der Waals surface area (Å²) in [6.45, 7) is 0.984. The van der Waals surface area contributed by atoms with Gasteiger partial charge in [0.1, 0.15) is 12.4 Å². The zero-order chi connectivity index (χ0) is 15.1. The van der Waals surface area contributed by atoms with Gasteiger partial charge in [-0.15, -0.1) is 0 Å². The fourth-order valence-corrected chi connectivity index (χ4v) is 1.63. The van der Waals surface area contributed by atoms with Crippen molar-refractivity contribution < 1.29 is 14.2 Å². The van der Waals surface area contributed by atoms with E-state index in [1.807, 2.05) is 18.2 Å². The van der Waals surface area contributed by atoms with E-state index in [-0.39, 0.29) is 0 Å². The van der Waals surface area contributed by atoms with Gasteiger partial charge in [-0.3, -0.25) is 0 Å². The first-order valence-corrected chi connectivity index (χ1v) is 6.40. The highest BCUT2D eigenvalue weighted by molar-refractivity contribution is 5.43. The highest BCUT2D eigenvalue weighted by atomic mass is 16.5. The minimum absolute atomic E-state index is 0.419. The van der Waals surface area contributed by atoms with Crippen molar-refractivity contribution in [2.24, 2.45) is 0 Å². The summed E-state index contributed by atoms with van der Waals surface area (Å²) in [5, 5.41) is 3.04. The number of nitrogens with one attached hydrogen (secondary N) is 1. The van der Waals surface area contributed by atoms with E-state index in [0.29, 0.717) is 36.5 Å². The van der Waals surface area contributed by atoms with Gasteiger partial charge in [0.05, 0.1) is 26.8 Å². The number of benzene rings is 1. The molecule has 2 aromatic rings. The van der Waals surface area contributed by atoms with E-state index in [1.165, 1.54) is 14.2 Å². The highest BCUT2D eigenvalue weighted by Crippen LogP contribution is 2.17. The molecule has 3 N–H and O–H groups in total. The Hall–Kier alpha value is -2.70. The number of nitrogens with zero attached hydrogens (tertiary/aromatic N) is 2. The Morgan fingerprint density at radius 2 is 1.81 bits per heavy atom. The summed E-state index contributed by atoms with van der Waals surface area (Å²) in [6, 6.07) is 8.87. The second-order valence-corrected chi connectivity index (χ2v) is 4.12. The molecule has 7 nitrogen and oxygen atoms in total. The van der Waals surface area contributed by atoms with E-state index in [0.717, 1.165) is 5.75 Å². The van der Waals surface area contributed by atoms with Gasteiger partial charge in [0.25, 0.3) is 0 Å². The van der Waals surface area contributed by atoms with Gasteiger partial charge in [0, 0.05) is 11.8 Å². The number of nitrogen functional groups attached to an aromatic ring is 1. The summed E-state index contributed by atoms with van der Waals surface area (Å²) < 4.78 is 15.7. The van der Waals surface area contributed by atoms with E-state index in [4.69, 9.17) is 19.9 Å². The lowest BCUT2D eigenvalue weighted by Crippen LogP contribution is -2.14. The zero-order valence-electron chi connectivity index (χ0n) is 12.0. The van der Waals surface area contributed by atoms with E-state index in [1.54, 1.807) is 12.1 Å². The summed E-state index contributed by atoms with van der Waals surface area (Å²) >= 11 is 0. The second kappa shape index (κ2) is 7.18.